The second-order valence-electron chi connectivity index (χ2n) is 4.76. The van der Waals surface area contributed by atoms with Gasteiger partial charge >= 0.3 is 0 Å². The van der Waals surface area contributed by atoms with Crippen LogP contribution in [0.25, 0.3) is 20.2 Å². The molecule has 0 radical (unpaired) electrons. The molecule has 0 fully saturated rings. The molecule has 0 atom stereocenters. The molecule has 3 heteroatoms. The van der Waals surface area contributed by atoms with Crippen LogP contribution in [0.2, 0.25) is 0 Å². The Labute approximate surface area is 139 Å². The second kappa shape index (κ2) is 5.48. The van der Waals surface area contributed by atoms with Gasteiger partial charge in [-0.15, -0.1) is 11.3 Å². The van der Waals surface area contributed by atoms with Crippen molar-refractivity contribution in [2.24, 2.45) is 0 Å². The van der Waals surface area contributed by atoms with Gasteiger partial charge in [0.05, 0.1) is 0 Å². The van der Waals surface area contributed by atoms with E-state index in [1.165, 1.54) is 30.0 Å². The Balaban J connectivity index is 1.91. The number of benzene rings is 3. The van der Waals surface area contributed by atoms with Crippen LogP contribution < -0.4 is 0 Å². The van der Waals surface area contributed by atoms with Gasteiger partial charge in [-0.2, -0.15) is 0 Å². The SMILES string of the molecule is Brc1ccccc1Sc1cccc2c1sc1ccccc12. The predicted molar refractivity (Wildman–Crippen MR) is 97.6 cm³/mol. The Morgan fingerprint density at radius 1 is 0.714 bits per heavy atom. The first-order valence-corrected chi connectivity index (χ1v) is 9.08. The van der Waals surface area contributed by atoms with Crippen LogP contribution in [-0.4, -0.2) is 0 Å². The third-order valence-corrected chi connectivity index (χ3v) is 6.86. The van der Waals surface area contributed by atoms with E-state index in [2.05, 4.69) is 76.6 Å². The van der Waals surface area contributed by atoms with Crippen LogP contribution in [0.3, 0.4) is 0 Å². The summed E-state index contributed by atoms with van der Waals surface area (Å²) in [6.07, 6.45) is 0. The molecular weight excluding hydrogens is 360 g/mol. The first-order valence-electron chi connectivity index (χ1n) is 6.65. The zero-order valence-electron chi connectivity index (χ0n) is 11.0. The van der Waals surface area contributed by atoms with Gasteiger partial charge in [0.1, 0.15) is 0 Å². The third kappa shape index (κ3) is 2.39. The van der Waals surface area contributed by atoms with Gasteiger partial charge in [-0.05, 0) is 40.2 Å². The second-order valence-corrected chi connectivity index (χ2v) is 7.75. The lowest BCUT2D eigenvalue weighted by Gasteiger charge is -2.05. The minimum Gasteiger partial charge on any atom is -0.134 e. The van der Waals surface area contributed by atoms with Gasteiger partial charge in [0.2, 0.25) is 0 Å². The van der Waals surface area contributed by atoms with Crippen LogP contribution in [0, 0.1) is 0 Å². The molecule has 0 spiro atoms. The van der Waals surface area contributed by atoms with Gasteiger partial charge in [-0.3, -0.25) is 0 Å². The minimum atomic E-state index is 1.15. The van der Waals surface area contributed by atoms with Crippen molar-refractivity contribution in [2.45, 2.75) is 9.79 Å². The van der Waals surface area contributed by atoms with Crippen LogP contribution >= 0.6 is 39.0 Å². The zero-order valence-corrected chi connectivity index (χ0v) is 14.3. The summed E-state index contributed by atoms with van der Waals surface area (Å²) in [5.74, 6) is 0. The van der Waals surface area contributed by atoms with E-state index in [-0.39, 0.29) is 0 Å². The monoisotopic (exact) mass is 370 g/mol. The molecule has 1 aromatic heterocycles. The molecule has 4 aromatic rings. The molecule has 21 heavy (non-hydrogen) atoms. The molecule has 0 aliphatic carbocycles. The molecule has 0 saturated heterocycles. The van der Waals surface area contributed by atoms with Crippen molar-refractivity contribution in [3.05, 3.63) is 71.2 Å². The largest absolute Gasteiger partial charge is 0.134 e. The highest BCUT2D eigenvalue weighted by Gasteiger charge is 2.10. The van der Waals surface area contributed by atoms with Gasteiger partial charge in [0.25, 0.3) is 0 Å². The number of thiophene rings is 1. The molecule has 0 aliphatic rings. The normalized spacial score (nSPS) is 11.3. The molecule has 0 nitrogen and oxygen atoms in total. The molecule has 0 amide bonds. The summed E-state index contributed by atoms with van der Waals surface area (Å²) in [5, 5.41) is 2.71. The zero-order chi connectivity index (χ0) is 14.2. The molecule has 0 bridgehead atoms. The Morgan fingerprint density at radius 2 is 1.43 bits per heavy atom. The molecule has 1 heterocycles. The van der Waals surface area contributed by atoms with E-state index in [4.69, 9.17) is 0 Å². The predicted octanol–water partition coefficient (Wildman–Crippen LogP) is 6.97. The van der Waals surface area contributed by atoms with Crippen molar-refractivity contribution in [3.63, 3.8) is 0 Å². The topological polar surface area (TPSA) is 0 Å². The average Bonchev–Trinajstić information content (AvgIpc) is 2.89. The number of hydrogen-bond acceptors (Lipinski definition) is 2. The van der Waals surface area contributed by atoms with Crippen molar-refractivity contribution >= 4 is 59.2 Å². The minimum absolute atomic E-state index is 1.15. The highest BCUT2D eigenvalue weighted by atomic mass is 79.9. The molecule has 4 rings (SSSR count). The average molecular weight is 371 g/mol. The van der Waals surface area contributed by atoms with Crippen molar-refractivity contribution in [1.82, 2.24) is 0 Å². The van der Waals surface area contributed by atoms with E-state index in [0.29, 0.717) is 0 Å². The summed E-state index contributed by atoms with van der Waals surface area (Å²) in [6, 6.07) is 23.6. The summed E-state index contributed by atoms with van der Waals surface area (Å²) in [6.45, 7) is 0. The van der Waals surface area contributed by atoms with Crippen molar-refractivity contribution < 1.29 is 0 Å². The summed E-state index contributed by atoms with van der Waals surface area (Å²) in [7, 11) is 0. The fraction of sp³-hybridized carbons (Fsp3) is 0. The molecule has 102 valence electrons. The molecule has 0 aliphatic heterocycles. The maximum atomic E-state index is 3.64. The van der Waals surface area contributed by atoms with Crippen LogP contribution in [0.4, 0.5) is 0 Å². The third-order valence-electron chi connectivity index (χ3n) is 3.42. The van der Waals surface area contributed by atoms with Crippen molar-refractivity contribution in [3.8, 4) is 0 Å². The summed E-state index contributed by atoms with van der Waals surface area (Å²) >= 11 is 7.33. The van der Waals surface area contributed by atoms with E-state index < -0.39 is 0 Å². The molecular formula is C18H11BrS2. The summed E-state index contributed by atoms with van der Waals surface area (Å²) in [5.41, 5.74) is 0. The van der Waals surface area contributed by atoms with Gasteiger partial charge in [-0.25, -0.2) is 0 Å². The van der Waals surface area contributed by atoms with Gasteiger partial charge < -0.3 is 0 Å². The molecule has 0 unspecified atom stereocenters. The Bertz CT molecular complexity index is 940. The highest BCUT2D eigenvalue weighted by molar-refractivity contribution is 9.10. The first kappa shape index (κ1) is 13.4. The van der Waals surface area contributed by atoms with E-state index in [9.17, 15) is 0 Å². The van der Waals surface area contributed by atoms with Crippen LogP contribution in [0.15, 0.2) is 81.0 Å². The molecule has 0 saturated carbocycles. The lowest BCUT2D eigenvalue weighted by atomic mass is 10.1. The Kier molecular flexibility index (Phi) is 3.49. The van der Waals surface area contributed by atoms with Gasteiger partial charge in [0.15, 0.2) is 0 Å². The summed E-state index contributed by atoms with van der Waals surface area (Å²) in [4.78, 5) is 2.57. The molecule has 0 N–H and O–H groups in total. The number of fused-ring (bicyclic) bond motifs is 3. The number of rotatable bonds is 2. The standard InChI is InChI=1S/C18H11BrS2/c19-14-8-2-4-10-16(14)20-17-11-5-7-13-12-6-1-3-9-15(12)21-18(13)17/h1-11H. The van der Waals surface area contributed by atoms with E-state index in [1.807, 2.05) is 29.2 Å². The van der Waals surface area contributed by atoms with Crippen LogP contribution in [-0.2, 0) is 0 Å². The fourth-order valence-corrected chi connectivity index (χ4v) is 5.23. The van der Waals surface area contributed by atoms with Gasteiger partial charge in [-0.1, -0.05) is 54.2 Å². The number of halogens is 1. The lowest BCUT2D eigenvalue weighted by Crippen LogP contribution is -1.76. The van der Waals surface area contributed by atoms with E-state index in [0.717, 1.165) is 4.47 Å². The maximum absolute atomic E-state index is 3.64. The van der Waals surface area contributed by atoms with Gasteiger partial charge in [0, 0.05) is 34.4 Å². The Hall–Kier alpha value is -1.29. The van der Waals surface area contributed by atoms with Crippen molar-refractivity contribution in [1.29, 1.82) is 0 Å². The Morgan fingerprint density at radius 3 is 2.33 bits per heavy atom. The highest BCUT2D eigenvalue weighted by Crippen LogP contribution is 2.42. The van der Waals surface area contributed by atoms with Crippen molar-refractivity contribution in [2.75, 3.05) is 0 Å². The van der Waals surface area contributed by atoms with Crippen LogP contribution in [0.1, 0.15) is 0 Å². The summed E-state index contributed by atoms with van der Waals surface area (Å²) < 4.78 is 3.88. The first-order chi connectivity index (χ1) is 10.3. The quantitative estimate of drug-likeness (QED) is 0.367. The smallest absolute Gasteiger partial charge is 0.0494 e. The number of hydrogen-bond donors (Lipinski definition) is 0. The van der Waals surface area contributed by atoms with E-state index >= 15 is 0 Å². The van der Waals surface area contributed by atoms with Crippen LogP contribution in [0.5, 0.6) is 0 Å². The molecule has 3 aromatic carbocycles. The van der Waals surface area contributed by atoms with E-state index in [1.54, 1.807) is 0 Å². The lowest BCUT2D eigenvalue weighted by molar-refractivity contribution is 1.39. The maximum Gasteiger partial charge on any atom is 0.0494 e. The fourth-order valence-electron chi connectivity index (χ4n) is 2.45.